The van der Waals surface area contributed by atoms with Crippen LogP contribution in [0.5, 0.6) is 0 Å². The lowest BCUT2D eigenvalue weighted by Gasteiger charge is -2.20. The molecule has 0 N–H and O–H groups in total. The number of nitriles is 1. The van der Waals surface area contributed by atoms with Crippen molar-refractivity contribution in [3.63, 3.8) is 0 Å². The molecule has 0 fully saturated rings. The Kier molecular flexibility index (Phi) is 3.48. The zero-order valence-electron chi connectivity index (χ0n) is 10.7. The summed E-state index contributed by atoms with van der Waals surface area (Å²) in [5.74, 6) is -0.645. The van der Waals surface area contributed by atoms with E-state index < -0.39 is 6.04 Å². The molecule has 1 amide bonds. The van der Waals surface area contributed by atoms with Crippen molar-refractivity contribution in [1.29, 1.82) is 5.26 Å². The van der Waals surface area contributed by atoms with Crippen molar-refractivity contribution in [2.45, 2.75) is 13.0 Å². The minimum Gasteiger partial charge on any atom is -0.326 e. The van der Waals surface area contributed by atoms with Gasteiger partial charge in [-0.1, -0.05) is 24.3 Å². The largest absolute Gasteiger partial charge is 0.326 e. The minimum atomic E-state index is -0.531. The summed E-state index contributed by atoms with van der Waals surface area (Å²) in [6.45, 7) is 1.64. The maximum atomic E-state index is 13.7. The third kappa shape index (κ3) is 2.27. The minimum absolute atomic E-state index is 0.287. The predicted octanol–water partition coefficient (Wildman–Crippen LogP) is 2.96. The van der Waals surface area contributed by atoms with Crippen LogP contribution in [0.15, 0.2) is 36.4 Å². The lowest BCUT2D eigenvalue weighted by molar-refractivity contribution is 0.0775. The first-order chi connectivity index (χ1) is 9.06. The number of carbonyl (C=O) groups excluding carboxylic acids is 1. The lowest BCUT2D eigenvalue weighted by Crippen LogP contribution is -2.34. The molecule has 0 bridgehead atoms. The second kappa shape index (κ2) is 5.07. The van der Waals surface area contributed by atoms with Crippen molar-refractivity contribution in [2.24, 2.45) is 0 Å². The molecule has 19 heavy (non-hydrogen) atoms. The van der Waals surface area contributed by atoms with Crippen LogP contribution in [0.2, 0.25) is 0 Å². The molecule has 0 saturated carbocycles. The normalized spacial score (nSPS) is 11.9. The van der Waals surface area contributed by atoms with Gasteiger partial charge >= 0.3 is 0 Å². The van der Waals surface area contributed by atoms with Crippen LogP contribution in [0.25, 0.3) is 10.8 Å². The van der Waals surface area contributed by atoms with E-state index in [-0.39, 0.29) is 11.7 Å². The maximum absolute atomic E-state index is 13.7. The highest BCUT2D eigenvalue weighted by Crippen LogP contribution is 2.23. The molecular formula is C15H13FN2O. The van der Waals surface area contributed by atoms with E-state index in [0.29, 0.717) is 16.3 Å². The van der Waals surface area contributed by atoms with Crippen molar-refractivity contribution < 1.29 is 9.18 Å². The molecule has 0 saturated heterocycles. The Morgan fingerprint density at radius 3 is 2.53 bits per heavy atom. The maximum Gasteiger partial charge on any atom is 0.255 e. The van der Waals surface area contributed by atoms with Gasteiger partial charge in [-0.25, -0.2) is 4.39 Å². The zero-order chi connectivity index (χ0) is 14.0. The molecular weight excluding hydrogens is 243 g/mol. The Morgan fingerprint density at radius 2 is 1.89 bits per heavy atom. The molecule has 3 nitrogen and oxygen atoms in total. The first kappa shape index (κ1) is 13.0. The van der Waals surface area contributed by atoms with Gasteiger partial charge in [0.15, 0.2) is 0 Å². The lowest BCUT2D eigenvalue weighted by atomic mass is 10.0. The Morgan fingerprint density at radius 1 is 1.26 bits per heavy atom. The fourth-order valence-electron chi connectivity index (χ4n) is 1.90. The highest BCUT2D eigenvalue weighted by Gasteiger charge is 2.19. The van der Waals surface area contributed by atoms with Crippen LogP contribution in [0, 0.1) is 17.1 Å². The van der Waals surface area contributed by atoms with E-state index in [2.05, 4.69) is 0 Å². The fraction of sp³-hybridized carbons (Fsp3) is 0.200. The van der Waals surface area contributed by atoms with E-state index in [0.717, 1.165) is 0 Å². The molecule has 1 atom stereocenters. The van der Waals surface area contributed by atoms with Gasteiger partial charge in [-0.2, -0.15) is 5.26 Å². The number of hydrogen-bond acceptors (Lipinski definition) is 2. The van der Waals surface area contributed by atoms with Crippen molar-refractivity contribution in [2.75, 3.05) is 7.05 Å². The monoisotopic (exact) mass is 256 g/mol. The number of carbonyl (C=O) groups is 1. The highest BCUT2D eigenvalue weighted by atomic mass is 19.1. The number of hydrogen-bond donors (Lipinski definition) is 0. The molecule has 0 aliphatic carbocycles. The van der Waals surface area contributed by atoms with E-state index in [4.69, 9.17) is 5.26 Å². The molecule has 0 aromatic heterocycles. The molecule has 96 valence electrons. The molecule has 2 aromatic rings. The summed E-state index contributed by atoms with van der Waals surface area (Å²) in [6, 6.07) is 11.0. The Hall–Kier alpha value is -2.41. The summed E-state index contributed by atoms with van der Waals surface area (Å²) in [4.78, 5) is 13.7. The number of benzene rings is 2. The van der Waals surface area contributed by atoms with Gasteiger partial charge in [0.2, 0.25) is 0 Å². The van der Waals surface area contributed by atoms with Crippen molar-refractivity contribution in [1.82, 2.24) is 4.90 Å². The number of fused-ring (bicyclic) bond motifs is 1. The highest BCUT2D eigenvalue weighted by molar-refractivity contribution is 6.07. The van der Waals surface area contributed by atoms with Gasteiger partial charge in [0.05, 0.1) is 6.07 Å². The van der Waals surface area contributed by atoms with E-state index in [1.807, 2.05) is 6.07 Å². The third-order valence-corrected chi connectivity index (χ3v) is 3.19. The molecule has 2 aromatic carbocycles. The summed E-state index contributed by atoms with van der Waals surface area (Å²) < 4.78 is 13.7. The number of rotatable bonds is 2. The van der Waals surface area contributed by atoms with Gasteiger partial charge < -0.3 is 4.90 Å². The van der Waals surface area contributed by atoms with E-state index in [1.54, 1.807) is 38.2 Å². The SMILES string of the molecule is CC(C#N)N(C)C(=O)c1ccc(F)c2ccccc12. The first-order valence-corrected chi connectivity index (χ1v) is 5.90. The summed E-state index contributed by atoms with van der Waals surface area (Å²) >= 11 is 0. The zero-order valence-corrected chi connectivity index (χ0v) is 10.7. The van der Waals surface area contributed by atoms with Crippen LogP contribution in [0.1, 0.15) is 17.3 Å². The molecule has 0 heterocycles. The molecule has 0 aliphatic rings. The summed E-state index contributed by atoms with van der Waals surface area (Å²) in [5.41, 5.74) is 0.404. The summed E-state index contributed by atoms with van der Waals surface area (Å²) in [7, 11) is 1.56. The van der Waals surface area contributed by atoms with Gasteiger partial charge in [-0.3, -0.25) is 4.79 Å². The van der Waals surface area contributed by atoms with Crippen LogP contribution < -0.4 is 0 Å². The van der Waals surface area contributed by atoms with Crippen molar-refractivity contribution in [3.05, 3.63) is 47.8 Å². The number of halogens is 1. The Bertz CT molecular complexity index is 675. The van der Waals surface area contributed by atoms with Gasteiger partial charge in [0, 0.05) is 18.0 Å². The number of amides is 1. The summed E-state index contributed by atoms with van der Waals surface area (Å²) in [5, 5.41) is 9.82. The standard InChI is InChI=1S/C15H13FN2O/c1-10(9-17)18(2)15(19)13-7-8-14(16)12-6-4-3-5-11(12)13/h3-8,10H,1-2H3. The smallest absolute Gasteiger partial charge is 0.255 e. The van der Waals surface area contributed by atoms with Crippen LogP contribution in [0.3, 0.4) is 0 Å². The van der Waals surface area contributed by atoms with E-state index >= 15 is 0 Å². The Labute approximate surface area is 110 Å². The molecule has 0 aliphatic heterocycles. The van der Waals surface area contributed by atoms with E-state index in [1.165, 1.54) is 17.0 Å². The molecule has 4 heteroatoms. The fourth-order valence-corrected chi connectivity index (χ4v) is 1.90. The van der Waals surface area contributed by atoms with Gasteiger partial charge in [0.25, 0.3) is 5.91 Å². The second-order valence-corrected chi connectivity index (χ2v) is 4.36. The quantitative estimate of drug-likeness (QED) is 0.829. The Balaban J connectivity index is 2.55. The van der Waals surface area contributed by atoms with Crippen LogP contribution in [-0.2, 0) is 0 Å². The topological polar surface area (TPSA) is 44.1 Å². The van der Waals surface area contributed by atoms with Crippen molar-refractivity contribution >= 4 is 16.7 Å². The molecule has 0 spiro atoms. The second-order valence-electron chi connectivity index (χ2n) is 4.36. The van der Waals surface area contributed by atoms with Crippen LogP contribution in [0.4, 0.5) is 4.39 Å². The molecule has 1 unspecified atom stereocenters. The van der Waals surface area contributed by atoms with Gasteiger partial charge in [-0.15, -0.1) is 0 Å². The van der Waals surface area contributed by atoms with Gasteiger partial charge in [0.1, 0.15) is 11.9 Å². The van der Waals surface area contributed by atoms with Crippen molar-refractivity contribution in [3.8, 4) is 6.07 Å². The van der Waals surface area contributed by atoms with Gasteiger partial charge in [-0.05, 0) is 24.4 Å². The summed E-state index contributed by atoms with van der Waals surface area (Å²) in [6.07, 6.45) is 0. The number of nitrogens with zero attached hydrogens (tertiary/aromatic N) is 2. The average Bonchev–Trinajstić information content (AvgIpc) is 2.45. The first-order valence-electron chi connectivity index (χ1n) is 5.90. The third-order valence-electron chi connectivity index (χ3n) is 3.19. The molecule has 2 rings (SSSR count). The van der Waals surface area contributed by atoms with Crippen LogP contribution >= 0.6 is 0 Å². The predicted molar refractivity (Wildman–Crippen MR) is 71.1 cm³/mol. The molecule has 0 radical (unpaired) electrons. The average molecular weight is 256 g/mol. The van der Waals surface area contributed by atoms with Crippen LogP contribution in [-0.4, -0.2) is 23.9 Å². The van der Waals surface area contributed by atoms with E-state index in [9.17, 15) is 9.18 Å².